The lowest BCUT2D eigenvalue weighted by molar-refractivity contribution is 0.116. The second-order valence-corrected chi connectivity index (χ2v) is 5.52. The Labute approximate surface area is 117 Å². The number of aliphatic hydroxyl groups is 1. The van der Waals surface area contributed by atoms with Crippen molar-refractivity contribution in [3.63, 3.8) is 0 Å². The molecule has 0 saturated heterocycles. The Balaban J connectivity index is 1.70. The predicted octanol–water partition coefficient (Wildman–Crippen LogP) is 2.38. The molecule has 5 heteroatoms. The zero-order valence-corrected chi connectivity index (χ0v) is 11.5. The standard InChI is InChI=1S/C14H18ClN3O/c15-14-12(18-8-2-1-3-13(18)17-14)9-16-10-4-6-11(19)7-5-10/h1-3,8,10-11,16,19H,4-7,9H2. The summed E-state index contributed by atoms with van der Waals surface area (Å²) >= 11 is 6.20. The highest BCUT2D eigenvalue weighted by Gasteiger charge is 2.19. The molecule has 1 aliphatic rings. The zero-order chi connectivity index (χ0) is 13.2. The minimum Gasteiger partial charge on any atom is -0.393 e. The molecule has 0 bridgehead atoms. The van der Waals surface area contributed by atoms with E-state index >= 15 is 0 Å². The molecule has 102 valence electrons. The second kappa shape index (κ2) is 5.49. The monoisotopic (exact) mass is 279 g/mol. The van der Waals surface area contributed by atoms with E-state index in [1.165, 1.54) is 0 Å². The van der Waals surface area contributed by atoms with Gasteiger partial charge in [0.05, 0.1) is 11.8 Å². The van der Waals surface area contributed by atoms with Gasteiger partial charge in [-0.1, -0.05) is 17.7 Å². The van der Waals surface area contributed by atoms with Gasteiger partial charge in [0.2, 0.25) is 0 Å². The van der Waals surface area contributed by atoms with Crippen LogP contribution in [0.4, 0.5) is 0 Å². The van der Waals surface area contributed by atoms with Gasteiger partial charge in [-0.2, -0.15) is 0 Å². The topological polar surface area (TPSA) is 49.6 Å². The van der Waals surface area contributed by atoms with E-state index in [2.05, 4.69) is 10.3 Å². The summed E-state index contributed by atoms with van der Waals surface area (Å²) < 4.78 is 2.02. The van der Waals surface area contributed by atoms with Crippen molar-refractivity contribution in [1.82, 2.24) is 14.7 Å². The van der Waals surface area contributed by atoms with E-state index in [0.717, 1.165) is 37.0 Å². The van der Waals surface area contributed by atoms with Crippen LogP contribution in [-0.2, 0) is 6.54 Å². The van der Waals surface area contributed by atoms with Crippen LogP contribution in [0.1, 0.15) is 31.4 Å². The fourth-order valence-electron chi connectivity index (χ4n) is 2.70. The Hall–Kier alpha value is -1.10. The van der Waals surface area contributed by atoms with Crippen molar-refractivity contribution in [2.45, 2.75) is 44.4 Å². The van der Waals surface area contributed by atoms with Gasteiger partial charge in [0.1, 0.15) is 5.65 Å². The molecule has 0 atom stereocenters. The predicted molar refractivity (Wildman–Crippen MR) is 75.3 cm³/mol. The van der Waals surface area contributed by atoms with Gasteiger partial charge in [0, 0.05) is 18.8 Å². The molecule has 0 amide bonds. The van der Waals surface area contributed by atoms with Gasteiger partial charge >= 0.3 is 0 Å². The number of hydrogen-bond donors (Lipinski definition) is 2. The zero-order valence-electron chi connectivity index (χ0n) is 10.7. The summed E-state index contributed by atoms with van der Waals surface area (Å²) in [5.41, 5.74) is 1.88. The maximum Gasteiger partial charge on any atom is 0.152 e. The summed E-state index contributed by atoms with van der Waals surface area (Å²) in [6.45, 7) is 0.713. The lowest BCUT2D eigenvalue weighted by Crippen LogP contribution is -2.34. The smallest absolute Gasteiger partial charge is 0.152 e. The molecular weight excluding hydrogens is 262 g/mol. The highest BCUT2D eigenvalue weighted by Crippen LogP contribution is 2.21. The van der Waals surface area contributed by atoms with E-state index < -0.39 is 0 Å². The molecule has 19 heavy (non-hydrogen) atoms. The largest absolute Gasteiger partial charge is 0.393 e. The van der Waals surface area contributed by atoms with E-state index in [1.54, 1.807) is 0 Å². The quantitative estimate of drug-likeness (QED) is 0.907. The summed E-state index contributed by atoms with van der Waals surface area (Å²) in [6, 6.07) is 6.35. The molecule has 0 radical (unpaired) electrons. The number of nitrogens with zero attached hydrogens (tertiary/aromatic N) is 2. The lowest BCUT2D eigenvalue weighted by Gasteiger charge is -2.26. The first-order chi connectivity index (χ1) is 9.24. The van der Waals surface area contributed by atoms with Crippen LogP contribution in [0.3, 0.4) is 0 Å². The Morgan fingerprint density at radius 1 is 1.32 bits per heavy atom. The first kappa shape index (κ1) is 12.9. The van der Waals surface area contributed by atoms with Crippen LogP contribution in [0, 0.1) is 0 Å². The molecule has 1 aliphatic carbocycles. The van der Waals surface area contributed by atoms with Crippen molar-refractivity contribution >= 4 is 17.2 Å². The molecule has 2 aromatic heterocycles. The van der Waals surface area contributed by atoms with Crippen molar-refractivity contribution in [2.75, 3.05) is 0 Å². The van der Waals surface area contributed by atoms with Crippen LogP contribution in [0.15, 0.2) is 24.4 Å². The van der Waals surface area contributed by atoms with Crippen LogP contribution < -0.4 is 5.32 Å². The molecule has 0 spiro atoms. The average molecular weight is 280 g/mol. The Bertz CT molecular complexity index is 561. The minimum absolute atomic E-state index is 0.113. The summed E-state index contributed by atoms with van der Waals surface area (Å²) in [7, 11) is 0. The van der Waals surface area contributed by atoms with Gasteiger partial charge in [0.15, 0.2) is 5.15 Å². The van der Waals surface area contributed by atoms with Crippen molar-refractivity contribution in [2.24, 2.45) is 0 Å². The molecule has 3 rings (SSSR count). The van der Waals surface area contributed by atoms with Crippen LogP contribution in [0.25, 0.3) is 5.65 Å². The highest BCUT2D eigenvalue weighted by atomic mass is 35.5. The molecular formula is C14H18ClN3O. The molecule has 0 unspecified atom stereocenters. The van der Waals surface area contributed by atoms with Crippen molar-refractivity contribution in [3.8, 4) is 0 Å². The van der Waals surface area contributed by atoms with E-state index in [9.17, 15) is 5.11 Å². The van der Waals surface area contributed by atoms with Gasteiger partial charge in [-0.3, -0.25) is 0 Å². The minimum atomic E-state index is -0.113. The molecule has 1 fully saturated rings. The van der Waals surface area contributed by atoms with Gasteiger partial charge in [0.25, 0.3) is 0 Å². The first-order valence-corrected chi connectivity index (χ1v) is 7.15. The Kier molecular flexibility index (Phi) is 3.73. The average Bonchev–Trinajstić information content (AvgIpc) is 2.74. The van der Waals surface area contributed by atoms with Crippen LogP contribution >= 0.6 is 11.6 Å². The molecule has 0 aromatic carbocycles. The van der Waals surface area contributed by atoms with Gasteiger partial charge in [-0.25, -0.2) is 4.98 Å². The number of aliphatic hydroxyl groups excluding tert-OH is 1. The number of pyridine rings is 1. The maximum absolute atomic E-state index is 9.50. The molecule has 1 saturated carbocycles. The maximum atomic E-state index is 9.50. The number of fused-ring (bicyclic) bond motifs is 1. The summed E-state index contributed by atoms with van der Waals surface area (Å²) in [5, 5.41) is 13.6. The van der Waals surface area contributed by atoms with Gasteiger partial charge in [-0.15, -0.1) is 0 Å². The normalized spacial score (nSPS) is 23.9. The van der Waals surface area contributed by atoms with Crippen LogP contribution in [-0.4, -0.2) is 26.6 Å². The molecule has 0 aliphatic heterocycles. The number of imidazole rings is 1. The van der Waals surface area contributed by atoms with Crippen LogP contribution in [0.5, 0.6) is 0 Å². The lowest BCUT2D eigenvalue weighted by atomic mass is 9.93. The summed E-state index contributed by atoms with van der Waals surface area (Å²) in [5.74, 6) is 0. The third-order valence-corrected chi connectivity index (χ3v) is 4.14. The van der Waals surface area contributed by atoms with Gasteiger partial charge < -0.3 is 14.8 Å². The van der Waals surface area contributed by atoms with Crippen LogP contribution in [0.2, 0.25) is 5.15 Å². The SMILES string of the molecule is OC1CCC(NCc2c(Cl)nc3ccccn23)CC1. The molecule has 2 aromatic rings. The summed E-state index contributed by atoms with van der Waals surface area (Å²) in [6.07, 6.45) is 5.69. The van der Waals surface area contributed by atoms with Crippen molar-refractivity contribution < 1.29 is 5.11 Å². The van der Waals surface area contributed by atoms with Crippen molar-refractivity contribution in [1.29, 1.82) is 0 Å². The molecule has 4 nitrogen and oxygen atoms in total. The number of nitrogens with one attached hydrogen (secondary N) is 1. The number of halogens is 1. The Morgan fingerprint density at radius 3 is 2.89 bits per heavy atom. The van der Waals surface area contributed by atoms with E-state index in [-0.39, 0.29) is 6.10 Å². The van der Waals surface area contributed by atoms with E-state index in [1.807, 2.05) is 28.8 Å². The van der Waals surface area contributed by atoms with Crippen molar-refractivity contribution in [3.05, 3.63) is 35.2 Å². The van der Waals surface area contributed by atoms with E-state index in [4.69, 9.17) is 11.6 Å². The fourth-order valence-corrected chi connectivity index (χ4v) is 2.94. The molecule has 2 N–H and O–H groups in total. The first-order valence-electron chi connectivity index (χ1n) is 6.77. The van der Waals surface area contributed by atoms with Gasteiger partial charge in [-0.05, 0) is 37.8 Å². The fraction of sp³-hybridized carbons (Fsp3) is 0.500. The number of hydrogen-bond acceptors (Lipinski definition) is 3. The van der Waals surface area contributed by atoms with E-state index in [0.29, 0.717) is 17.7 Å². The number of aromatic nitrogens is 2. The third kappa shape index (κ3) is 2.76. The third-order valence-electron chi connectivity index (χ3n) is 3.83. The summed E-state index contributed by atoms with van der Waals surface area (Å²) in [4.78, 5) is 4.34. The molecule has 2 heterocycles. The highest BCUT2D eigenvalue weighted by molar-refractivity contribution is 6.30. The number of rotatable bonds is 3. The Morgan fingerprint density at radius 2 is 2.11 bits per heavy atom. The second-order valence-electron chi connectivity index (χ2n) is 5.16.